The van der Waals surface area contributed by atoms with Crippen LogP contribution in [0.25, 0.3) is 0 Å². The molecule has 1 rings (SSSR count). The zero-order valence-electron chi connectivity index (χ0n) is 11.0. The van der Waals surface area contributed by atoms with E-state index in [4.69, 9.17) is 5.73 Å². The van der Waals surface area contributed by atoms with Crippen molar-refractivity contribution in [2.45, 2.75) is 51.6 Å². The minimum absolute atomic E-state index is 0.00195. The molecule has 0 radical (unpaired) electrons. The minimum atomic E-state index is -0.699. The Kier molecular flexibility index (Phi) is 5.40. The second-order valence-electron chi connectivity index (χ2n) is 5.62. The lowest BCUT2D eigenvalue weighted by molar-refractivity contribution is -0.126. The van der Waals surface area contributed by atoms with Gasteiger partial charge in [0.25, 0.3) is 0 Å². The number of amides is 1. The van der Waals surface area contributed by atoms with Crippen molar-refractivity contribution in [1.29, 1.82) is 0 Å². The number of hydrogen-bond acceptors (Lipinski definition) is 3. The van der Waals surface area contributed by atoms with Crippen LogP contribution in [0.4, 0.5) is 0 Å². The molecule has 4 heteroatoms. The normalized spacial score (nSPS) is 30.9. The van der Waals surface area contributed by atoms with Gasteiger partial charge in [0.1, 0.15) is 0 Å². The molecule has 0 aromatic carbocycles. The van der Waals surface area contributed by atoms with E-state index in [0.29, 0.717) is 25.4 Å². The second kappa shape index (κ2) is 6.36. The summed E-state index contributed by atoms with van der Waals surface area (Å²) in [6, 6.07) is 0. The minimum Gasteiger partial charge on any atom is -0.388 e. The van der Waals surface area contributed by atoms with Crippen LogP contribution in [0, 0.1) is 11.8 Å². The zero-order valence-corrected chi connectivity index (χ0v) is 11.0. The third kappa shape index (κ3) is 4.64. The van der Waals surface area contributed by atoms with E-state index in [9.17, 15) is 9.90 Å². The van der Waals surface area contributed by atoms with Crippen molar-refractivity contribution in [3.8, 4) is 0 Å². The first kappa shape index (κ1) is 14.5. The zero-order chi connectivity index (χ0) is 12.9. The summed E-state index contributed by atoms with van der Waals surface area (Å²) in [6.45, 7) is 4.93. The van der Waals surface area contributed by atoms with Gasteiger partial charge in [-0.25, -0.2) is 0 Å². The summed E-state index contributed by atoms with van der Waals surface area (Å²) in [4.78, 5) is 11.7. The molecule has 1 amide bonds. The average Bonchev–Trinajstić information content (AvgIpc) is 2.26. The first-order chi connectivity index (χ1) is 7.97. The molecule has 1 aliphatic rings. The second-order valence-corrected chi connectivity index (χ2v) is 5.62. The summed E-state index contributed by atoms with van der Waals surface area (Å²) in [5.74, 6) is 0.485. The van der Waals surface area contributed by atoms with Crippen LogP contribution in [0.5, 0.6) is 0 Å². The van der Waals surface area contributed by atoms with E-state index in [1.165, 1.54) is 6.42 Å². The van der Waals surface area contributed by atoms with Crippen molar-refractivity contribution in [3.05, 3.63) is 0 Å². The van der Waals surface area contributed by atoms with E-state index in [-0.39, 0.29) is 11.8 Å². The lowest BCUT2D eigenvalue weighted by Crippen LogP contribution is -2.47. The summed E-state index contributed by atoms with van der Waals surface area (Å²) in [6.07, 6.45) is 4.51. The number of carbonyl (C=O) groups excluding carboxylic acids is 1. The van der Waals surface area contributed by atoms with Gasteiger partial charge in [-0.05, 0) is 31.7 Å². The fourth-order valence-corrected chi connectivity index (χ4v) is 2.60. The molecule has 0 bridgehead atoms. The van der Waals surface area contributed by atoms with Crippen LogP contribution in [0.15, 0.2) is 0 Å². The van der Waals surface area contributed by atoms with Gasteiger partial charge in [0.05, 0.1) is 5.60 Å². The Balaban J connectivity index is 2.36. The van der Waals surface area contributed by atoms with Crippen molar-refractivity contribution < 1.29 is 9.90 Å². The number of rotatable bonds is 5. The van der Waals surface area contributed by atoms with Gasteiger partial charge in [-0.15, -0.1) is 0 Å². The molecular weight excluding hydrogens is 216 g/mol. The van der Waals surface area contributed by atoms with Gasteiger partial charge >= 0.3 is 0 Å². The molecule has 4 nitrogen and oxygen atoms in total. The van der Waals surface area contributed by atoms with Crippen LogP contribution in [0.2, 0.25) is 0 Å². The first-order valence-corrected chi connectivity index (χ1v) is 6.67. The van der Waals surface area contributed by atoms with E-state index in [1.54, 1.807) is 0 Å². The molecule has 0 aliphatic heterocycles. The van der Waals surface area contributed by atoms with Crippen molar-refractivity contribution in [2.75, 3.05) is 13.1 Å². The molecule has 4 N–H and O–H groups in total. The molecule has 100 valence electrons. The highest BCUT2D eigenvalue weighted by molar-refractivity contribution is 5.78. The van der Waals surface area contributed by atoms with E-state index < -0.39 is 5.60 Å². The fraction of sp³-hybridized carbons (Fsp3) is 0.923. The Bertz CT molecular complexity index is 258. The Morgan fingerprint density at radius 3 is 2.94 bits per heavy atom. The number of hydrogen-bond donors (Lipinski definition) is 3. The Hall–Kier alpha value is -0.610. The summed E-state index contributed by atoms with van der Waals surface area (Å²) in [5.41, 5.74) is 4.72. The number of aliphatic hydroxyl groups is 1. The topological polar surface area (TPSA) is 75.3 Å². The number of nitrogens with one attached hydrogen (secondary N) is 1. The van der Waals surface area contributed by atoms with E-state index in [1.807, 2.05) is 6.92 Å². The van der Waals surface area contributed by atoms with Gasteiger partial charge in [-0.3, -0.25) is 4.79 Å². The Morgan fingerprint density at radius 2 is 2.35 bits per heavy atom. The third-order valence-electron chi connectivity index (χ3n) is 3.71. The lowest BCUT2D eigenvalue weighted by Gasteiger charge is -2.35. The molecule has 1 fully saturated rings. The van der Waals surface area contributed by atoms with Gasteiger partial charge in [0.15, 0.2) is 0 Å². The molecule has 0 aromatic rings. The van der Waals surface area contributed by atoms with Gasteiger partial charge < -0.3 is 16.2 Å². The maximum atomic E-state index is 11.7. The van der Waals surface area contributed by atoms with E-state index >= 15 is 0 Å². The quantitative estimate of drug-likeness (QED) is 0.674. The van der Waals surface area contributed by atoms with Crippen LogP contribution in [0.1, 0.15) is 46.0 Å². The van der Waals surface area contributed by atoms with Crippen LogP contribution in [0.3, 0.4) is 0 Å². The maximum absolute atomic E-state index is 11.7. The van der Waals surface area contributed by atoms with Crippen LogP contribution < -0.4 is 11.1 Å². The van der Waals surface area contributed by atoms with Gasteiger partial charge in [-0.1, -0.05) is 26.7 Å². The van der Waals surface area contributed by atoms with E-state index in [0.717, 1.165) is 19.3 Å². The van der Waals surface area contributed by atoms with Gasteiger partial charge in [0.2, 0.25) is 5.91 Å². The molecule has 0 spiro atoms. The molecule has 3 atom stereocenters. The van der Waals surface area contributed by atoms with Crippen molar-refractivity contribution in [3.63, 3.8) is 0 Å². The summed E-state index contributed by atoms with van der Waals surface area (Å²) < 4.78 is 0. The highest BCUT2D eigenvalue weighted by Gasteiger charge is 2.33. The highest BCUT2D eigenvalue weighted by Crippen LogP contribution is 2.31. The third-order valence-corrected chi connectivity index (χ3v) is 3.71. The molecular formula is C13H26N2O2. The Morgan fingerprint density at radius 1 is 1.65 bits per heavy atom. The molecule has 0 aromatic heterocycles. The molecule has 0 saturated heterocycles. The standard InChI is InChI=1S/C13H26N2O2/c1-10-4-3-6-13(17,8-10)9-15-12(16)11(2)5-7-14/h10-11,17H,3-9,14H2,1-2H3,(H,15,16). The maximum Gasteiger partial charge on any atom is 0.222 e. The molecule has 1 aliphatic carbocycles. The van der Waals surface area contributed by atoms with Crippen molar-refractivity contribution in [2.24, 2.45) is 17.6 Å². The Labute approximate surface area is 104 Å². The van der Waals surface area contributed by atoms with Crippen LogP contribution in [-0.4, -0.2) is 29.7 Å². The summed E-state index contributed by atoms with van der Waals surface area (Å²) >= 11 is 0. The van der Waals surface area contributed by atoms with Crippen molar-refractivity contribution in [1.82, 2.24) is 5.32 Å². The summed E-state index contributed by atoms with van der Waals surface area (Å²) in [5, 5.41) is 13.2. The lowest BCUT2D eigenvalue weighted by atomic mass is 9.79. The monoisotopic (exact) mass is 242 g/mol. The first-order valence-electron chi connectivity index (χ1n) is 6.67. The van der Waals surface area contributed by atoms with E-state index in [2.05, 4.69) is 12.2 Å². The predicted octanol–water partition coefficient (Wildman–Crippen LogP) is 1.03. The fourth-order valence-electron chi connectivity index (χ4n) is 2.60. The number of carbonyl (C=O) groups is 1. The van der Waals surface area contributed by atoms with Crippen LogP contribution in [-0.2, 0) is 4.79 Å². The van der Waals surface area contributed by atoms with Gasteiger partial charge in [-0.2, -0.15) is 0 Å². The average molecular weight is 242 g/mol. The molecule has 1 saturated carbocycles. The number of nitrogens with two attached hydrogens (primary N) is 1. The SMILES string of the molecule is CC1CCCC(O)(CNC(=O)C(C)CCN)C1. The van der Waals surface area contributed by atoms with Crippen LogP contribution >= 0.6 is 0 Å². The molecule has 3 unspecified atom stereocenters. The predicted molar refractivity (Wildman–Crippen MR) is 68.4 cm³/mol. The highest BCUT2D eigenvalue weighted by atomic mass is 16.3. The molecule has 17 heavy (non-hydrogen) atoms. The van der Waals surface area contributed by atoms with Gasteiger partial charge in [0, 0.05) is 12.5 Å². The largest absolute Gasteiger partial charge is 0.388 e. The summed E-state index contributed by atoms with van der Waals surface area (Å²) in [7, 11) is 0. The molecule has 0 heterocycles. The van der Waals surface area contributed by atoms with Crippen molar-refractivity contribution >= 4 is 5.91 Å². The smallest absolute Gasteiger partial charge is 0.222 e.